The van der Waals surface area contributed by atoms with Crippen molar-refractivity contribution in [1.29, 1.82) is 0 Å². The monoisotopic (exact) mass is 262 g/mol. The Hall–Kier alpha value is -1.55. The van der Waals surface area contributed by atoms with Crippen LogP contribution in [0.25, 0.3) is 0 Å². The van der Waals surface area contributed by atoms with Crippen LogP contribution in [-0.4, -0.2) is 36.5 Å². The molecule has 0 aliphatic carbocycles. The zero-order valence-corrected chi connectivity index (χ0v) is 11.6. The first-order chi connectivity index (χ1) is 9.06. The van der Waals surface area contributed by atoms with E-state index in [4.69, 9.17) is 10.5 Å². The van der Waals surface area contributed by atoms with Crippen LogP contribution in [0.3, 0.4) is 0 Å². The summed E-state index contributed by atoms with van der Waals surface area (Å²) >= 11 is 0. The van der Waals surface area contributed by atoms with Crippen LogP contribution in [0.4, 0.5) is 0 Å². The molecule has 1 saturated heterocycles. The van der Waals surface area contributed by atoms with Crippen molar-refractivity contribution in [3.05, 3.63) is 29.8 Å². The molecule has 0 radical (unpaired) electrons. The SMILES string of the molecule is CC(C)COc1cccc(C(=O)N2CCC(N)C2)c1. The van der Waals surface area contributed by atoms with E-state index in [0.717, 1.165) is 18.7 Å². The largest absolute Gasteiger partial charge is 0.493 e. The van der Waals surface area contributed by atoms with Gasteiger partial charge in [0.15, 0.2) is 0 Å². The number of hydrogen-bond acceptors (Lipinski definition) is 3. The maximum atomic E-state index is 12.3. The van der Waals surface area contributed by atoms with Crippen molar-refractivity contribution in [2.45, 2.75) is 26.3 Å². The van der Waals surface area contributed by atoms with Gasteiger partial charge in [0.1, 0.15) is 5.75 Å². The summed E-state index contributed by atoms with van der Waals surface area (Å²) in [6.07, 6.45) is 0.884. The predicted molar refractivity (Wildman–Crippen MR) is 75.3 cm³/mol. The summed E-state index contributed by atoms with van der Waals surface area (Å²) < 4.78 is 5.65. The van der Waals surface area contributed by atoms with Crippen LogP contribution in [0.15, 0.2) is 24.3 Å². The summed E-state index contributed by atoms with van der Waals surface area (Å²) in [4.78, 5) is 14.1. The summed E-state index contributed by atoms with van der Waals surface area (Å²) in [5, 5.41) is 0. The molecule has 4 nitrogen and oxygen atoms in total. The highest BCUT2D eigenvalue weighted by Crippen LogP contribution is 2.18. The van der Waals surface area contributed by atoms with Gasteiger partial charge in [-0.15, -0.1) is 0 Å². The van der Waals surface area contributed by atoms with Gasteiger partial charge in [-0.3, -0.25) is 4.79 Å². The molecule has 1 aromatic rings. The fourth-order valence-corrected chi connectivity index (χ4v) is 2.14. The van der Waals surface area contributed by atoms with Gasteiger partial charge < -0.3 is 15.4 Å². The van der Waals surface area contributed by atoms with E-state index in [1.807, 2.05) is 29.2 Å². The molecule has 1 heterocycles. The molecule has 19 heavy (non-hydrogen) atoms. The van der Waals surface area contributed by atoms with Crippen LogP contribution >= 0.6 is 0 Å². The molecule has 2 N–H and O–H groups in total. The summed E-state index contributed by atoms with van der Waals surface area (Å²) in [6.45, 7) is 6.25. The number of rotatable bonds is 4. The molecule has 1 atom stereocenters. The van der Waals surface area contributed by atoms with E-state index in [0.29, 0.717) is 24.6 Å². The van der Waals surface area contributed by atoms with Crippen LogP contribution < -0.4 is 10.5 Å². The summed E-state index contributed by atoms with van der Waals surface area (Å²) in [5.74, 6) is 1.27. The standard InChI is InChI=1S/C15H22N2O2/c1-11(2)10-19-14-5-3-4-12(8-14)15(18)17-7-6-13(16)9-17/h3-5,8,11,13H,6-7,9-10,16H2,1-2H3. The summed E-state index contributed by atoms with van der Waals surface area (Å²) in [5.41, 5.74) is 6.51. The fourth-order valence-electron chi connectivity index (χ4n) is 2.14. The topological polar surface area (TPSA) is 55.6 Å². The minimum Gasteiger partial charge on any atom is -0.493 e. The molecular weight excluding hydrogens is 240 g/mol. The third-order valence-electron chi connectivity index (χ3n) is 3.18. The van der Waals surface area contributed by atoms with Gasteiger partial charge in [-0.2, -0.15) is 0 Å². The number of hydrogen-bond donors (Lipinski definition) is 1. The maximum Gasteiger partial charge on any atom is 0.254 e. The Kier molecular flexibility index (Phi) is 4.43. The molecule has 1 aliphatic rings. The van der Waals surface area contributed by atoms with Crippen LogP contribution in [0, 0.1) is 5.92 Å². The molecule has 0 spiro atoms. The molecule has 0 saturated carbocycles. The zero-order valence-electron chi connectivity index (χ0n) is 11.6. The van der Waals surface area contributed by atoms with E-state index in [1.165, 1.54) is 0 Å². The third kappa shape index (κ3) is 3.70. The molecule has 2 rings (SSSR count). The van der Waals surface area contributed by atoms with Crippen LogP contribution in [0.5, 0.6) is 5.75 Å². The Bertz CT molecular complexity index is 446. The van der Waals surface area contributed by atoms with Gasteiger partial charge >= 0.3 is 0 Å². The lowest BCUT2D eigenvalue weighted by Gasteiger charge is -2.16. The quantitative estimate of drug-likeness (QED) is 0.901. The number of nitrogens with zero attached hydrogens (tertiary/aromatic N) is 1. The second-order valence-corrected chi connectivity index (χ2v) is 5.53. The molecule has 1 aliphatic heterocycles. The Labute approximate surface area is 114 Å². The van der Waals surface area contributed by atoms with Crippen LogP contribution in [0.2, 0.25) is 0 Å². The minimum atomic E-state index is 0.0444. The number of benzene rings is 1. The lowest BCUT2D eigenvalue weighted by atomic mass is 10.2. The highest BCUT2D eigenvalue weighted by atomic mass is 16.5. The van der Waals surface area contributed by atoms with Crippen molar-refractivity contribution in [2.75, 3.05) is 19.7 Å². The van der Waals surface area contributed by atoms with E-state index >= 15 is 0 Å². The van der Waals surface area contributed by atoms with Gasteiger partial charge in [0.25, 0.3) is 5.91 Å². The molecule has 1 unspecified atom stereocenters. The predicted octanol–water partition coefficient (Wildman–Crippen LogP) is 1.89. The fraction of sp³-hybridized carbons (Fsp3) is 0.533. The molecule has 104 valence electrons. The number of amides is 1. The average Bonchev–Trinajstić information content (AvgIpc) is 2.82. The van der Waals surface area contributed by atoms with Crippen LogP contribution in [-0.2, 0) is 0 Å². The van der Waals surface area contributed by atoms with Crippen molar-refractivity contribution in [1.82, 2.24) is 4.90 Å². The van der Waals surface area contributed by atoms with Crippen molar-refractivity contribution in [3.63, 3.8) is 0 Å². The normalized spacial score (nSPS) is 18.9. The molecular formula is C15H22N2O2. The number of ether oxygens (including phenoxy) is 1. The lowest BCUT2D eigenvalue weighted by molar-refractivity contribution is 0.0790. The van der Waals surface area contributed by atoms with Gasteiger partial charge in [-0.05, 0) is 30.5 Å². The Morgan fingerprint density at radius 3 is 2.95 bits per heavy atom. The van der Waals surface area contributed by atoms with E-state index < -0.39 is 0 Å². The number of carbonyl (C=O) groups excluding carboxylic acids is 1. The second kappa shape index (κ2) is 6.06. The maximum absolute atomic E-state index is 12.3. The number of carbonyl (C=O) groups is 1. The first-order valence-electron chi connectivity index (χ1n) is 6.84. The minimum absolute atomic E-state index is 0.0444. The molecule has 0 aromatic heterocycles. The first kappa shape index (κ1) is 13.9. The smallest absolute Gasteiger partial charge is 0.254 e. The summed E-state index contributed by atoms with van der Waals surface area (Å²) in [6, 6.07) is 7.50. The van der Waals surface area contributed by atoms with E-state index in [9.17, 15) is 4.79 Å². The molecule has 1 amide bonds. The van der Waals surface area contributed by atoms with E-state index in [-0.39, 0.29) is 11.9 Å². The Morgan fingerprint density at radius 1 is 1.53 bits per heavy atom. The first-order valence-corrected chi connectivity index (χ1v) is 6.84. The second-order valence-electron chi connectivity index (χ2n) is 5.53. The molecule has 1 fully saturated rings. The Morgan fingerprint density at radius 2 is 2.32 bits per heavy atom. The molecule has 4 heteroatoms. The Balaban J connectivity index is 2.03. The number of likely N-dealkylation sites (tertiary alicyclic amines) is 1. The van der Waals surface area contributed by atoms with Crippen LogP contribution in [0.1, 0.15) is 30.6 Å². The highest BCUT2D eigenvalue weighted by Gasteiger charge is 2.24. The van der Waals surface area contributed by atoms with Gasteiger partial charge in [-0.25, -0.2) is 0 Å². The van der Waals surface area contributed by atoms with Gasteiger partial charge in [0, 0.05) is 24.7 Å². The average molecular weight is 262 g/mol. The lowest BCUT2D eigenvalue weighted by Crippen LogP contribution is -2.31. The van der Waals surface area contributed by atoms with Gasteiger partial charge in [-0.1, -0.05) is 19.9 Å². The highest BCUT2D eigenvalue weighted by molar-refractivity contribution is 5.94. The summed E-state index contributed by atoms with van der Waals surface area (Å²) in [7, 11) is 0. The molecule has 1 aromatic carbocycles. The van der Waals surface area contributed by atoms with Gasteiger partial charge in [0.05, 0.1) is 6.61 Å². The van der Waals surface area contributed by atoms with Crippen molar-refractivity contribution < 1.29 is 9.53 Å². The van der Waals surface area contributed by atoms with E-state index in [1.54, 1.807) is 0 Å². The van der Waals surface area contributed by atoms with Crippen molar-refractivity contribution >= 4 is 5.91 Å². The van der Waals surface area contributed by atoms with E-state index in [2.05, 4.69) is 13.8 Å². The van der Waals surface area contributed by atoms with Crippen molar-refractivity contribution in [3.8, 4) is 5.75 Å². The van der Waals surface area contributed by atoms with Gasteiger partial charge in [0.2, 0.25) is 0 Å². The molecule has 0 bridgehead atoms. The number of nitrogens with two attached hydrogens (primary N) is 1. The third-order valence-corrected chi connectivity index (χ3v) is 3.18. The van der Waals surface area contributed by atoms with Crippen molar-refractivity contribution in [2.24, 2.45) is 11.7 Å². The zero-order chi connectivity index (χ0) is 13.8.